The van der Waals surface area contributed by atoms with E-state index < -0.39 is 0 Å². The molecule has 2 rings (SSSR count). The number of benzene rings is 1. The van der Waals surface area contributed by atoms with Gasteiger partial charge in [-0.2, -0.15) is 0 Å². The smallest absolute Gasteiger partial charge is 0.131 e. The summed E-state index contributed by atoms with van der Waals surface area (Å²) < 4.78 is 2.12. The zero-order valence-corrected chi connectivity index (χ0v) is 12.1. The molecule has 1 heterocycles. The average molecular weight is 257 g/mol. The molecule has 0 aliphatic heterocycles. The summed E-state index contributed by atoms with van der Waals surface area (Å²) in [5.74, 6) is 1.88. The lowest BCUT2D eigenvalue weighted by atomic mass is 10.1. The van der Waals surface area contributed by atoms with Crippen molar-refractivity contribution in [3.05, 3.63) is 35.7 Å². The quantitative estimate of drug-likeness (QED) is 0.888. The molecule has 0 saturated carbocycles. The van der Waals surface area contributed by atoms with Crippen molar-refractivity contribution in [3.8, 4) is 11.3 Å². The van der Waals surface area contributed by atoms with E-state index in [4.69, 9.17) is 10.7 Å². The second-order valence-corrected chi connectivity index (χ2v) is 4.81. The van der Waals surface area contributed by atoms with Gasteiger partial charge in [0.05, 0.1) is 0 Å². The first-order chi connectivity index (χ1) is 9.21. The summed E-state index contributed by atoms with van der Waals surface area (Å²) in [4.78, 5) is 4.73. The number of rotatable bonds is 5. The lowest BCUT2D eigenvalue weighted by molar-refractivity contribution is 0.690. The molecule has 0 aliphatic carbocycles. The molecule has 3 nitrogen and oxygen atoms in total. The predicted molar refractivity (Wildman–Crippen MR) is 81.1 cm³/mol. The van der Waals surface area contributed by atoms with E-state index in [1.165, 1.54) is 5.56 Å². The summed E-state index contributed by atoms with van der Waals surface area (Å²) >= 11 is 0. The molecule has 0 unspecified atom stereocenters. The summed E-state index contributed by atoms with van der Waals surface area (Å²) in [5.41, 5.74) is 9.62. The van der Waals surface area contributed by atoms with E-state index in [1.807, 2.05) is 0 Å². The van der Waals surface area contributed by atoms with E-state index in [-0.39, 0.29) is 0 Å². The van der Waals surface area contributed by atoms with Crippen LogP contribution < -0.4 is 5.73 Å². The van der Waals surface area contributed by atoms with Crippen LogP contribution in [0.25, 0.3) is 11.3 Å². The largest absolute Gasteiger partial charge is 0.383 e. The molecular formula is C16H23N3. The van der Waals surface area contributed by atoms with Gasteiger partial charge >= 0.3 is 0 Å². The van der Waals surface area contributed by atoms with Gasteiger partial charge in [-0.05, 0) is 25.3 Å². The minimum atomic E-state index is 0.787. The number of hydrogen-bond acceptors (Lipinski definition) is 2. The zero-order valence-electron chi connectivity index (χ0n) is 12.1. The van der Waals surface area contributed by atoms with Gasteiger partial charge in [-0.1, -0.05) is 38.1 Å². The van der Waals surface area contributed by atoms with Crippen LogP contribution in [0.3, 0.4) is 0 Å². The van der Waals surface area contributed by atoms with Crippen molar-refractivity contribution in [1.29, 1.82) is 0 Å². The Labute approximate surface area is 115 Å². The van der Waals surface area contributed by atoms with Crippen LogP contribution in [-0.4, -0.2) is 9.55 Å². The minimum Gasteiger partial charge on any atom is -0.383 e. The standard InChI is InChI=1S/C16H23N3/c1-4-7-14-18-15(16(17)19(14)6-3)13-10-8-12(5-2)9-11-13/h8-11H,4-7,17H2,1-3H3. The van der Waals surface area contributed by atoms with E-state index in [9.17, 15) is 0 Å². The second kappa shape index (κ2) is 5.91. The van der Waals surface area contributed by atoms with E-state index in [2.05, 4.69) is 49.6 Å². The number of nitrogen functional groups attached to an aromatic ring is 1. The number of anilines is 1. The van der Waals surface area contributed by atoms with Crippen molar-refractivity contribution in [2.45, 2.75) is 46.6 Å². The van der Waals surface area contributed by atoms with Crippen LogP contribution in [0.2, 0.25) is 0 Å². The third kappa shape index (κ3) is 2.65. The molecule has 0 bridgehead atoms. The summed E-state index contributed by atoms with van der Waals surface area (Å²) in [5, 5.41) is 0. The lowest BCUT2D eigenvalue weighted by Crippen LogP contribution is -2.05. The predicted octanol–water partition coefficient (Wildman–Crippen LogP) is 3.67. The average Bonchev–Trinajstić information content (AvgIpc) is 2.75. The number of aromatic nitrogens is 2. The van der Waals surface area contributed by atoms with Crippen molar-refractivity contribution in [2.24, 2.45) is 0 Å². The summed E-state index contributed by atoms with van der Waals surface area (Å²) in [6.07, 6.45) is 3.12. The first kappa shape index (κ1) is 13.7. The van der Waals surface area contributed by atoms with E-state index in [0.29, 0.717) is 0 Å². The van der Waals surface area contributed by atoms with Gasteiger partial charge < -0.3 is 10.3 Å². The molecule has 102 valence electrons. The molecule has 1 aromatic carbocycles. The van der Waals surface area contributed by atoms with Gasteiger partial charge in [0.1, 0.15) is 17.3 Å². The summed E-state index contributed by atoms with van der Waals surface area (Å²) in [7, 11) is 0. The Bertz CT molecular complexity index is 538. The number of aryl methyl sites for hydroxylation is 2. The van der Waals surface area contributed by atoms with Crippen molar-refractivity contribution in [1.82, 2.24) is 9.55 Å². The van der Waals surface area contributed by atoms with Crippen LogP contribution in [-0.2, 0) is 19.4 Å². The van der Waals surface area contributed by atoms with Crippen molar-refractivity contribution in [2.75, 3.05) is 5.73 Å². The molecule has 2 N–H and O–H groups in total. The Kier molecular flexibility index (Phi) is 4.25. The number of imidazole rings is 1. The second-order valence-electron chi connectivity index (χ2n) is 4.81. The SMILES string of the molecule is CCCc1nc(-c2ccc(CC)cc2)c(N)n1CC. The summed E-state index contributed by atoms with van der Waals surface area (Å²) in [6, 6.07) is 8.54. The van der Waals surface area contributed by atoms with Crippen molar-refractivity contribution in [3.63, 3.8) is 0 Å². The highest BCUT2D eigenvalue weighted by atomic mass is 15.1. The summed E-state index contributed by atoms with van der Waals surface area (Å²) in [6.45, 7) is 7.32. The first-order valence-electron chi connectivity index (χ1n) is 7.15. The third-order valence-electron chi connectivity index (χ3n) is 3.51. The fourth-order valence-electron chi connectivity index (χ4n) is 2.39. The normalized spacial score (nSPS) is 10.9. The van der Waals surface area contributed by atoms with Gasteiger partial charge in [-0.15, -0.1) is 0 Å². The molecule has 0 amide bonds. The van der Waals surface area contributed by atoms with Gasteiger partial charge in [0, 0.05) is 18.5 Å². The molecule has 2 aromatic rings. The first-order valence-corrected chi connectivity index (χ1v) is 7.15. The van der Waals surface area contributed by atoms with E-state index in [0.717, 1.165) is 48.7 Å². The number of nitrogens with two attached hydrogens (primary N) is 1. The number of hydrogen-bond donors (Lipinski definition) is 1. The molecular weight excluding hydrogens is 234 g/mol. The number of nitrogens with zero attached hydrogens (tertiary/aromatic N) is 2. The Hall–Kier alpha value is -1.77. The van der Waals surface area contributed by atoms with E-state index in [1.54, 1.807) is 0 Å². The minimum absolute atomic E-state index is 0.787. The van der Waals surface area contributed by atoms with Crippen molar-refractivity contribution < 1.29 is 0 Å². The van der Waals surface area contributed by atoms with Crippen LogP contribution in [0.1, 0.15) is 38.6 Å². The molecule has 1 aromatic heterocycles. The maximum absolute atomic E-state index is 6.25. The molecule has 19 heavy (non-hydrogen) atoms. The Balaban J connectivity index is 2.43. The Morgan fingerprint density at radius 2 is 1.79 bits per heavy atom. The Morgan fingerprint density at radius 1 is 1.11 bits per heavy atom. The molecule has 0 atom stereocenters. The fraction of sp³-hybridized carbons (Fsp3) is 0.438. The lowest BCUT2D eigenvalue weighted by Gasteiger charge is -2.05. The monoisotopic (exact) mass is 257 g/mol. The zero-order chi connectivity index (χ0) is 13.8. The molecule has 0 spiro atoms. The van der Waals surface area contributed by atoms with Crippen LogP contribution >= 0.6 is 0 Å². The topological polar surface area (TPSA) is 43.8 Å². The highest BCUT2D eigenvalue weighted by Gasteiger charge is 2.14. The van der Waals surface area contributed by atoms with Crippen molar-refractivity contribution >= 4 is 5.82 Å². The molecule has 0 radical (unpaired) electrons. The molecule has 0 saturated heterocycles. The van der Waals surface area contributed by atoms with E-state index >= 15 is 0 Å². The highest BCUT2D eigenvalue weighted by molar-refractivity contribution is 5.71. The van der Waals surface area contributed by atoms with Gasteiger partial charge in [0.15, 0.2) is 0 Å². The van der Waals surface area contributed by atoms with Gasteiger partial charge in [-0.25, -0.2) is 4.98 Å². The van der Waals surface area contributed by atoms with Crippen LogP contribution in [0, 0.1) is 0 Å². The Morgan fingerprint density at radius 3 is 2.32 bits per heavy atom. The maximum Gasteiger partial charge on any atom is 0.131 e. The highest BCUT2D eigenvalue weighted by Crippen LogP contribution is 2.27. The van der Waals surface area contributed by atoms with Gasteiger partial charge in [-0.3, -0.25) is 0 Å². The van der Waals surface area contributed by atoms with Crippen LogP contribution in [0.4, 0.5) is 5.82 Å². The van der Waals surface area contributed by atoms with Gasteiger partial charge in [0.2, 0.25) is 0 Å². The van der Waals surface area contributed by atoms with Gasteiger partial charge in [0.25, 0.3) is 0 Å². The third-order valence-corrected chi connectivity index (χ3v) is 3.51. The molecule has 3 heteroatoms. The molecule has 0 aliphatic rings. The fourth-order valence-corrected chi connectivity index (χ4v) is 2.39. The van der Waals surface area contributed by atoms with Crippen LogP contribution in [0.15, 0.2) is 24.3 Å². The molecule has 0 fully saturated rings. The van der Waals surface area contributed by atoms with Crippen LogP contribution in [0.5, 0.6) is 0 Å². The maximum atomic E-state index is 6.25.